The standard InChI is InChI=1S/C11H18BrN3O/c1-7(2)5-8(3)14-9-6-13-15(4)11(16)10(9)12/h6-8,14H,5H2,1-4H3. The first kappa shape index (κ1) is 13.2. The van der Waals surface area contributed by atoms with Crippen LogP contribution in [0.2, 0.25) is 0 Å². The number of nitrogens with zero attached hydrogens (tertiary/aromatic N) is 2. The van der Waals surface area contributed by atoms with Gasteiger partial charge in [-0.1, -0.05) is 13.8 Å². The summed E-state index contributed by atoms with van der Waals surface area (Å²) >= 11 is 3.29. The Labute approximate surface area is 104 Å². The number of anilines is 1. The zero-order valence-corrected chi connectivity index (χ0v) is 11.7. The lowest BCUT2D eigenvalue weighted by Crippen LogP contribution is -2.24. The maximum absolute atomic E-state index is 11.6. The van der Waals surface area contributed by atoms with Gasteiger partial charge < -0.3 is 5.32 Å². The number of aryl methyl sites for hydroxylation is 1. The normalized spacial score (nSPS) is 12.9. The Morgan fingerprint density at radius 3 is 2.69 bits per heavy atom. The Balaban J connectivity index is 2.82. The first-order valence-electron chi connectivity index (χ1n) is 5.40. The maximum atomic E-state index is 11.6. The molecule has 0 amide bonds. The molecule has 90 valence electrons. The molecule has 1 rings (SSSR count). The van der Waals surface area contributed by atoms with E-state index in [1.165, 1.54) is 4.68 Å². The summed E-state index contributed by atoms with van der Waals surface area (Å²) in [6.07, 6.45) is 2.73. The van der Waals surface area contributed by atoms with Gasteiger partial charge in [0.2, 0.25) is 0 Å². The maximum Gasteiger partial charge on any atom is 0.282 e. The molecule has 0 bridgehead atoms. The van der Waals surface area contributed by atoms with Crippen molar-refractivity contribution in [3.63, 3.8) is 0 Å². The van der Waals surface area contributed by atoms with Gasteiger partial charge in [0, 0.05) is 13.1 Å². The van der Waals surface area contributed by atoms with Gasteiger partial charge in [-0.2, -0.15) is 5.10 Å². The topological polar surface area (TPSA) is 46.9 Å². The van der Waals surface area contributed by atoms with E-state index in [1.807, 2.05) is 0 Å². The number of hydrogen-bond acceptors (Lipinski definition) is 3. The van der Waals surface area contributed by atoms with Crippen LogP contribution in [0.3, 0.4) is 0 Å². The van der Waals surface area contributed by atoms with E-state index >= 15 is 0 Å². The second-order valence-corrected chi connectivity index (χ2v) is 5.27. The van der Waals surface area contributed by atoms with Crippen LogP contribution in [-0.4, -0.2) is 15.8 Å². The van der Waals surface area contributed by atoms with E-state index in [2.05, 4.69) is 47.1 Å². The average Bonchev–Trinajstić information content (AvgIpc) is 2.18. The van der Waals surface area contributed by atoms with Gasteiger partial charge in [0.1, 0.15) is 4.47 Å². The fourth-order valence-electron chi connectivity index (χ4n) is 1.64. The largest absolute Gasteiger partial charge is 0.380 e. The van der Waals surface area contributed by atoms with Crippen molar-refractivity contribution in [2.45, 2.75) is 33.2 Å². The fraction of sp³-hybridized carbons (Fsp3) is 0.636. The average molecular weight is 288 g/mol. The van der Waals surface area contributed by atoms with Gasteiger partial charge >= 0.3 is 0 Å². The second-order valence-electron chi connectivity index (χ2n) is 4.48. The molecule has 1 aromatic rings. The van der Waals surface area contributed by atoms with Crippen molar-refractivity contribution in [3.05, 3.63) is 21.0 Å². The van der Waals surface area contributed by atoms with Gasteiger partial charge in [-0.25, -0.2) is 4.68 Å². The molecular weight excluding hydrogens is 270 g/mol. The van der Waals surface area contributed by atoms with Gasteiger partial charge in [0.25, 0.3) is 5.56 Å². The highest BCUT2D eigenvalue weighted by Crippen LogP contribution is 2.18. The number of halogens is 1. The van der Waals surface area contributed by atoms with Crippen LogP contribution in [0.25, 0.3) is 0 Å². The molecule has 1 atom stereocenters. The summed E-state index contributed by atoms with van der Waals surface area (Å²) in [6.45, 7) is 6.45. The van der Waals surface area contributed by atoms with Crippen LogP contribution in [0.4, 0.5) is 5.69 Å². The third kappa shape index (κ3) is 3.33. The van der Waals surface area contributed by atoms with Crippen molar-refractivity contribution >= 4 is 21.6 Å². The van der Waals surface area contributed by atoms with Gasteiger partial charge in [0.05, 0.1) is 11.9 Å². The van der Waals surface area contributed by atoms with Gasteiger partial charge in [-0.15, -0.1) is 0 Å². The molecule has 5 heteroatoms. The fourth-order valence-corrected chi connectivity index (χ4v) is 2.12. The van der Waals surface area contributed by atoms with Crippen LogP contribution in [-0.2, 0) is 7.05 Å². The number of aromatic nitrogens is 2. The van der Waals surface area contributed by atoms with Crippen LogP contribution in [0.5, 0.6) is 0 Å². The van der Waals surface area contributed by atoms with E-state index in [-0.39, 0.29) is 5.56 Å². The molecule has 0 spiro atoms. The molecule has 0 saturated heterocycles. The zero-order chi connectivity index (χ0) is 12.3. The lowest BCUT2D eigenvalue weighted by Gasteiger charge is -2.17. The molecule has 1 aromatic heterocycles. The second kappa shape index (κ2) is 5.48. The lowest BCUT2D eigenvalue weighted by molar-refractivity contribution is 0.539. The molecule has 1 unspecified atom stereocenters. The van der Waals surface area contributed by atoms with Crippen LogP contribution >= 0.6 is 15.9 Å². The minimum atomic E-state index is -0.123. The molecule has 0 radical (unpaired) electrons. The highest BCUT2D eigenvalue weighted by molar-refractivity contribution is 9.10. The van der Waals surface area contributed by atoms with E-state index in [9.17, 15) is 4.79 Å². The Hall–Kier alpha value is -0.840. The van der Waals surface area contributed by atoms with Crippen LogP contribution in [0.15, 0.2) is 15.5 Å². The van der Waals surface area contributed by atoms with E-state index in [0.717, 1.165) is 12.1 Å². The summed E-state index contributed by atoms with van der Waals surface area (Å²) in [5.41, 5.74) is 0.637. The summed E-state index contributed by atoms with van der Waals surface area (Å²) in [7, 11) is 1.63. The van der Waals surface area contributed by atoms with E-state index < -0.39 is 0 Å². The predicted molar refractivity (Wildman–Crippen MR) is 69.7 cm³/mol. The minimum Gasteiger partial charge on any atom is -0.380 e. The summed E-state index contributed by atoms with van der Waals surface area (Å²) in [5, 5.41) is 7.27. The Morgan fingerprint density at radius 1 is 1.50 bits per heavy atom. The molecule has 0 aliphatic heterocycles. The lowest BCUT2D eigenvalue weighted by atomic mass is 10.1. The van der Waals surface area contributed by atoms with Crippen LogP contribution in [0, 0.1) is 5.92 Å². The molecule has 1 heterocycles. The molecule has 0 fully saturated rings. The summed E-state index contributed by atoms with van der Waals surface area (Å²) in [6, 6.07) is 0.324. The molecule has 4 nitrogen and oxygen atoms in total. The van der Waals surface area contributed by atoms with Gasteiger partial charge in [-0.3, -0.25) is 4.79 Å². The van der Waals surface area contributed by atoms with Crippen molar-refractivity contribution in [1.82, 2.24) is 9.78 Å². The molecule has 1 N–H and O–H groups in total. The van der Waals surface area contributed by atoms with Crippen molar-refractivity contribution in [2.75, 3.05) is 5.32 Å². The Kier molecular flexibility index (Phi) is 4.53. The third-order valence-electron chi connectivity index (χ3n) is 2.31. The summed E-state index contributed by atoms with van der Waals surface area (Å²) < 4.78 is 1.85. The number of nitrogens with one attached hydrogen (secondary N) is 1. The monoisotopic (exact) mass is 287 g/mol. The summed E-state index contributed by atoms with van der Waals surface area (Å²) in [4.78, 5) is 11.6. The Morgan fingerprint density at radius 2 is 2.12 bits per heavy atom. The van der Waals surface area contributed by atoms with Gasteiger partial charge in [-0.05, 0) is 35.2 Å². The smallest absolute Gasteiger partial charge is 0.282 e. The predicted octanol–water partition coefficient (Wildman–Crippen LogP) is 2.39. The van der Waals surface area contributed by atoms with Crippen LogP contribution < -0.4 is 10.9 Å². The molecule has 0 aliphatic rings. The van der Waals surface area contributed by atoms with Crippen molar-refractivity contribution in [1.29, 1.82) is 0 Å². The van der Waals surface area contributed by atoms with Crippen LogP contribution in [0.1, 0.15) is 27.2 Å². The van der Waals surface area contributed by atoms with Gasteiger partial charge in [0.15, 0.2) is 0 Å². The molecule has 0 aliphatic carbocycles. The highest BCUT2D eigenvalue weighted by atomic mass is 79.9. The van der Waals surface area contributed by atoms with E-state index in [0.29, 0.717) is 16.4 Å². The zero-order valence-electron chi connectivity index (χ0n) is 10.1. The third-order valence-corrected chi connectivity index (χ3v) is 3.07. The van der Waals surface area contributed by atoms with E-state index in [1.54, 1.807) is 13.2 Å². The molecular formula is C11H18BrN3O. The molecule has 16 heavy (non-hydrogen) atoms. The Bertz CT molecular complexity index is 414. The number of rotatable bonds is 4. The SMILES string of the molecule is CC(C)CC(C)Nc1cnn(C)c(=O)c1Br. The minimum absolute atomic E-state index is 0.123. The highest BCUT2D eigenvalue weighted by Gasteiger charge is 2.10. The number of hydrogen-bond donors (Lipinski definition) is 1. The van der Waals surface area contributed by atoms with Crippen molar-refractivity contribution in [3.8, 4) is 0 Å². The summed E-state index contributed by atoms with van der Waals surface area (Å²) in [5.74, 6) is 0.626. The van der Waals surface area contributed by atoms with Crippen molar-refractivity contribution in [2.24, 2.45) is 13.0 Å². The first-order valence-corrected chi connectivity index (χ1v) is 6.19. The molecule has 0 aromatic carbocycles. The quantitative estimate of drug-likeness (QED) is 0.925. The first-order chi connectivity index (χ1) is 7.41. The van der Waals surface area contributed by atoms with Crippen molar-refractivity contribution < 1.29 is 0 Å². The van der Waals surface area contributed by atoms with E-state index in [4.69, 9.17) is 0 Å². The molecule has 0 saturated carbocycles.